The van der Waals surface area contributed by atoms with Crippen LogP contribution in [0.15, 0.2) is 21.9 Å². The van der Waals surface area contributed by atoms with Gasteiger partial charge in [-0.1, -0.05) is 13.8 Å². The number of aliphatic hydroxyl groups is 2. The third-order valence-electron chi connectivity index (χ3n) is 4.46. The van der Waals surface area contributed by atoms with Gasteiger partial charge in [-0.3, -0.25) is 19.1 Å². The van der Waals surface area contributed by atoms with Crippen LogP contribution >= 0.6 is 0 Å². The lowest BCUT2D eigenvalue weighted by atomic mass is 10.0. The maximum Gasteiger partial charge on any atom is 0.330 e. The highest BCUT2D eigenvalue weighted by atomic mass is 16.6. The molecular formula is C17H25N3O8. The molecule has 1 fully saturated rings. The maximum atomic E-state index is 12.1. The summed E-state index contributed by atoms with van der Waals surface area (Å²) >= 11 is 0. The Morgan fingerprint density at radius 2 is 1.96 bits per heavy atom. The number of H-pyrrole nitrogens is 1. The van der Waals surface area contributed by atoms with Crippen molar-refractivity contribution in [2.45, 2.75) is 63.7 Å². The fourth-order valence-electron chi connectivity index (χ4n) is 3.06. The van der Waals surface area contributed by atoms with Crippen LogP contribution < -0.4 is 16.6 Å². The molecule has 1 aliphatic heterocycles. The minimum absolute atomic E-state index is 0.00663. The summed E-state index contributed by atoms with van der Waals surface area (Å²) in [6.07, 6.45) is -3.68. The predicted octanol–water partition coefficient (Wildman–Crippen LogP) is -1.45. The number of aliphatic hydroxyl groups excluding tert-OH is 2. The van der Waals surface area contributed by atoms with Crippen LogP contribution in [0.3, 0.4) is 0 Å². The lowest BCUT2D eigenvalue weighted by Crippen LogP contribution is -2.42. The van der Waals surface area contributed by atoms with Crippen molar-refractivity contribution < 1.29 is 29.6 Å². The number of aromatic amines is 1. The van der Waals surface area contributed by atoms with E-state index in [0.29, 0.717) is 0 Å². The van der Waals surface area contributed by atoms with Crippen LogP contribution in [0, 0.1) is 5.92 Å². The summed E-state index contributed by atoms with van der Waals surface area (Å²) in [7, 11) is 0. The van der Waals surface area contributed by atoms with E-state index in [1.54, 1.807) is 0 Å². The highest BCUT2D eigenvalue weighted by Crippen LogP contribution is 2.30. The van der Waals surface area contributed by atoms with Crippen LogP contribution in [0.2, 0.25) is 0 Å². The molecule has 156 valence electrons. The summed E-state index contributed by atoms with van der Waals surface area (Å²) in [4.78, 5) is 48.3. The molecule has 0 bridgehead atoms. The van der Waals surface area contributed by atoms with Crippen molar-refractivity contribution in [3.8, 4) is 0 Å². The Balaban J connectivity index is 1.97. The molecule has 0 aromatic carbocycles. The van der Waals surface area contributed by atoms with Crippen LogP contribution in [0.25, 0.3) is 0 Å². The van der Waals surface area contributed by atoms with E-state index >= 15 is 0 Å². The first-order valence-electron chi connectivity index (χ1n) is 8.95. The van der Waals surface area contributed by atoms with E-state index in [1.165, 1.54) is 0 Å². The molecule has 5 N–H and O–H groups in total. The number of rotatable bonds is 8. The van der Waals surface area contributed by atoms with E-state index in [-0.39, 0.29) is 25.2 Å². The topological polar surface area (TPSA) is 171 Å². The maximum absolute atomic E-state index is 12.1. The zero-order valence-corrected chi connectivity index (χ0v) is 15.6. The van der Waals surface area contributed by atoms with Crippen molar-refractivity contribution in [2.75, 3.05) is 0 Å². The fourth-order valence-corrected chi connectivity index (χ4v) is 3.06. The van der Waals surface area contributed by atoms with Crippen molar-refractivity contribution in [3.05, 3.63) is 33.1 Å². The number of carbonyl (C=O) groups excluding carboxylic acids is 1. The van der Waals surface area contributed by atoms with Gasteiger partial charge < -0.3 is 25.4 Å². The monoisotopic (exact) mass is 399 g/mol. The van der Waals surface area contributed by atoms with Gasteiger partial charge in [-0.25, -0.2) is 9.59 Å². The van der Waals surface area contributed by atoms with Crippen LogP contribution in [-0.2, 0) is 14.3 Å². The molecule has 1 amide bonds. The third kappa shape index (κ3) is 5.27. The number of hydrogen-bond donors (Lipinski definition) is 5. The molecule has 0 spiro atoms. The molecule has 1 aliphatic rings. The highest BCUT2D eigenvalue weighted by molar-refractivity contribution is 5.83. The van der Waals surface area contributed by atoms with Gasteiger partial charge >= 0.3 is 11.7 Å². The number of hydrogen-bond acceptors (Lipinski definition) is 7. The van der Waals surface area contributed by atoms with Crippen molar-refractivity contribution >= 4 is 11.9 Å². The number of nitrogens with one attached hydrogen (secondary N) is 2. The van der Waals surface area contributed by atoms with Gasteiger partial charge in [0.1, 0.15) is 18.2 Å². The van der Waals surface area contributed by atoms with Gasteiger partial charge in [0.2, 0.25) is 5.91 Å². The number of carbonyl (C=O) groups is 2. The van der Waals surface area contributed by atoms with Gasteiger partial charge in [-0.2, -0.15) is 0 Å². The molecular weight excluding hydrogens is 374 g/mol. The quantitative estimate of drug-likeness (QED) is 0.353. The number of aliphatic carboxylic acids is 1. The Kier molecular flexibility index (Phi) is 7.11. The molecule has 11 heteroatoms. The lowest BCUT2D eigenvalue weighted by molar-refractivity contribution is -0.142. The Bertz CT molecular complexity index is 817. The number of carboxylic acids is 1. The Morgan fingerprint density at radius 3 is 2.54 bits per heavy atom. The largest absolute Gasteiger partial charge is 0.480 e. The predicted molar refractivity (Wildman–Crippen MR) is 95.5 cm³/mol. The first-order chi connectivity index (χ1) is 13.1. The number of aromatic nitrogens is 2. The second-order valence-electron chi connectivity index (χ2n) is 7.19. The number of nitrogens with zero attached hydrogens (tertiary/aromatic N) is 1. The minimum atomic E-state index is -1.44. The number of ether oxygens (including phenoxy) is 1. The minimum Gasteiger partial charge on any atom is -0.480 e. The van der Waals surface area contributed by atoms with E-state index in [2.05, 4.69) is 5.32 Å². The molecule has 0 unspecified atom stereocenters. The molecule has 2 rings (SSSR count). The van der Waals surface area contributed by atoms with Crippen LogP contribution in [0.4, 0.5) is 0 Å². The van der Waals surface area contributed by atoms with Crippen molar-refractivity contribution in [3.63, 3.8) is 0 Å². The molecule has 1 aromatic rings. The van der Waals surface area contributed by atoms with Crippen molar-refractivity contribution in [1.82, 2.24) is 14.9 Å². The summed E-state index contributed by atoms with van der Waals surface area (Å²) in [5.74, 6) is -1.58. The summed E-state index contributed by atoms with van der Waals surface area (Å²) in [5.41, 5.74) is -1.42. The first kappa shape index (κ1) is 21.8. The molecule has 0 aliphatic carbocycles. The normalized spacial score (nSPS) is 25.6. The van der Waals surface area contributed by atoms with Crippen LogP contribution in [0.1, 0.15) is 39.3 Å². The first-order valence-corrected chi connectivity index (χ1v) is 8.95. The zero-order valence-electron chi connectivity index (χ0n) is 15.6. The molecule has 28 heavy (non-hydrogen) atoms. The Hall–Kier alpha value is -2.50. The smallest absolute Gasteiger partial charge is 0.330 e. The standard InChI is InChI=1S/C17H25N3O8/c1-8(2)7-9(16(25)26)18-11(21)4-3-10-13(23)14(24)15(28-10)20-6-5-12(22)19-17(20)27/h5-6,8-10,13-15,23-24H,3-4,7H2,1-2H3,(H,18,21)(H,25,26)(H,19,22,27)/t9-,10+,13+,14+,15+/m0/s1. The van der Waals surface area contributed by atoms with Crippen LogP contribution in [0.5, 0.6) is 0 Å². The number of carboxylic acid groups (broad SMARTS) is 1. The summed E-state index contributed by atoms with van der Waals surface area (Å²) in [5, 5.41) is 31.9. The molecule has 0 radical (unpaired) electrons. The highest BCUT2D eigenvalue weighted by Gasteiger charge is 2.44. The SMILES string of the molecule is CC(C)C[C@H](NC(=O)CC[C@H]1O[C@@H](n2ccc(=O)[nH]c2=O)[C@H](O)[C@@H]1O)C(=O)O. The van der Waals surface area contributed by atoms with E-state index in [9.17, 15) is 29.4 Å². The van der Waals surface area contributed by atoms with E-state index in [4.69, 9.17) is 9.84 Å². The molecule has 2 heterocycles. The van der Waals surface area contributed by atoms with E-state index in [1.807, 2.05) is 18.8 Å². The van der Waals surface area contributed by atoms with Gasteiger partial charge in [0.15, 0.2) is 6.23 Å². The van der Waals surface area contributed by atoms with Gasteiger partial charge in [0.05, 0.1) is 6.10 Å². The van der Waals surface area contributed by atoms with E-state index in [0.717, 1.165) is 16.8 Å². The second-order valence-corrected chi connectivity index (χ2v) is 7.19. The van der Waals surface area contributed by atoms with Gasteiger partial charge in [-0.05, 0) is 18.8 Å². The number of amides is 1. The van der Waals surface area contributed by atoms with Gasteiger partial charge in [0.25, 0.3) is 5.56 Å². The molecule has 11 nitrogen and oxygen atoms in total. The second kappa shape index (κ2) is 9.13. The Morgan fingerprint density at radius 1 is 1.29 bits per heavy atom. The zero-order chi connectivity index (χ0) is 21.0. The molecule has 0 saturated carbocycles. The van der Waals surface area contributed by atoms with Crippen molar-refractivity contribution in [1.29, 1.82) is 0 Å². The summed E-state index contributed by atoms with van der Waals surface area (Å²) < 4.78 is 6.45. The molecule has 1 aromatic heterocycles. The average Bonchev–Trinajstić information content (AvgIpc) is 2.87. The molecule has 5 atom stereocenters. The van der Waals surface area contributed by atoms with Crippen LogP contribution in [-0.4, -0.2) is 61.1 Å². The average molecular weight is 399 g/mol. The van der Waals surface area contributed by atoms with E-state index < -0.39 is 53.7 Å². The lowest BCUT2D eigenvalue weighted by Gasteiger charge is -2.18. The summed E-state index contributed by atoms with van der Waals surface area (Å²) in [6.45, 7) is 3.68. The van der Waals surface area contributed by atoms with Gasteiger partial charge in [0, 0.05) is 18.7 Å². The fraction of sp³-hybridized carbons (Fsp3) is 0.647. The summed E-state index contributed by atoms with van der Waals surface area (Å²) in [6, 6.07) is 0.0609. The van der Waals surface area contributed by atoms with Gasteiger partial charge in [-0.15, -0.1) is 0 Å². The third-order valence-corrected chi connectivity index (χ3v) is 4.46. The molecule has 1 saturated heterocycles. The Labute approximate surface area is 160 Å². The van der Waals surface area contributed by atoms with Crippen molar-refractivity contribution in [2.24, 2.45) is 5.92 Å².